The first-order valence-corrected chi connectivity index (χ1v) is 9.72. The molecule has 0 radical (unpaired) electrons. The highest BCUT2D eigenvalue weighted by Crippen LogP contribution is 2.38. The number of benzene rings is 1. The van der Waals surface area contributed by atoms with Crippen molar-refractivity contribution in [3.8, 4) is 11.5 Å². The Balaban J connectivity index is 1.51. The lowest BCUT2D eigenvalue weighted by Gasteiger charge is -2.19. The van der Waals surface area contributed by atoms with E-state index in [1.165, 1.54) is 25.2 Å². The molecule has 1 aliphatic carbocycles. The van der Waals surface area contributed by atoms with Crippen LogP contribution in [0.25, 0.3) is 0 Å². The zero-order chi connectivity index (χ0) is 21.0. The Morgan fingerprint density at radius 2 is 1.69 bits per heavy atom. The minimum Gasteiger partial charge on any atom is -0.497 e. The van der Waals surface area contributed by atoms with E-state index < -0.39 is 18.4 Å². The maximum Gasteiger partial charge on any atom is 0.308 e. The van der Waals surface area contributed by atoms with Crippen molar-refractivity contribution in [1.82, 2.24) is 4.90 Å². The molecule has 1 aromatic carbocycles. The van der Waals surface area contributed by atoms with E-state index in [9.17, 15) is 19.2 Å². The number of fused-ring (bicyclic) bond motifs is 1. The fourth-order valence-corrected chi connectivity index (χ4v) is 3.98. The Morgan fingerprint density at radius 3 is 2.28 bits per heavy atom. The van der Waals surface area contributed by atoms with Crippen LogP contribution in [0.3, 0.4) is 0 Å². The Hall–Kier alpha value is -2.90. The van der Waals surface area contributed by atoms with E-state index in [0.29, 0.717) is 11.5 Å². The maximum atomic E-state index is 12.4. The number of ether oxygens (including phenoxy) is 3. The molecule has 1 heterocycles. The van der Waals surface area contributed by atoms with Gasteiger partial charge in [0.25, 0.3) is 0 Å². The van der Waals surface area contributed by atoms with E-state index >= 15 is 0 Å². The average molecular weight is 403 g/mol. The number of carbonyl (C=O) groups is 4. The summed E-state index contributed by atoms with van der Waals surface area (Å²) in [5, 5.41) is 0. The van der Waals surface area contributed by atoms with Gasteiger partial charge in [-0.25, -0.2) is 0 Å². The minimum atomic E-state index is -0.638. The fourth-order valence-electron chi connectivity index (χ4n) is 3.98. The third kappa shape index (κ3) is 4.41. The topological polar surface area (TPSA) is 99.2 Å². The molecule has 2 fully saturated rings. The molecule has 1 saturated heterocycles. The summed E-state index contributed by atoms with van der Waals surface area (Å²) >= 11 is 0. The summed E-state index contributed by atoms with van der Waals surface area (Å²) < 4.78 is 15.3. The number of likely N-dealkylation sites (tertiary alicyclic amines) is 1. The number of Topliss-reactive ketones (excluding diaryl/α,β-unsaturated/α-hetero) is 1. The Kier molecular flexibility index (Phi) is 6.51. The molecule has 29 heavy (non-hydrogen) atoms. The van der Waals surface area contributed by atoms with Gasteiger partial charge >= 0.3 is 5.97 Å². The number of rotatable bonds is 8. The lowest BCUT2D eigenvalue weighted by atomic mass is 9.81. The van der Waals surface area contributed by atoms with Crippen molar-refractivity contribution in [2.45, 2.75) is 32.1 Å². The van der Waals surface area contributed by atoms with Crippen LogP contribution >= 0.6 is 0 Å². The summed E-state index contributed by atoms with van der Waals surface area (Å²) in [7, 11) is 2.93. The summed E-state index contributed by atoms with van der Waals surface area (Å²) in [5.41, 5.74) is 0.273. The molecule has 3 rings (SSSR count). The first kappa shape index (κ1) is 20.8. The molecule has 0 aromatic heterocycles. The number of methoxy groups -OCH3 is 2. The van der Waals surface area contributed by atoms with E-state index in [1.54, 1.807) is 12.1 Å². The van der Waals surface area contributed by atoms with Crippen LogP contribution in [0.5, 0.6) is 11.5 Å². The molecule has 8 heteroatoms. The largest absolute Gasteiger partial charge is 0.497 e. The highest BCUT2D eigenvalue weighted by molar-refractivity contribution is 6.05. The van der Waals surface area contributed by atoms with Gasteiger partial charge in [0.15, 0.2) is 6.61 Å². The van der Waals surface area contributed by atoms with Gasteiger partial charge in [-0.2, -0.15) is 0 Å². The Labute approximate surface area is 169 Å². The summed E-state index contributed by atoms with van der Waals surface area (Å²) in [6, 6.07) is 4.72. The highest BCUT2D eigenvalue weighted by Gasteiger charge is 2.47. The Morgan fingerprint density at radius 1 is 1.03 bits per heavy atom. The van der Waals surface area contributed by atoms with Gasteiger partial charge in [0.2, 0.25) is 17.6 Å². The number of hydrogen-bond donors (Lipinski definition) is 0. The molecular formula is C21H25NO7. The number of esters is 1. The van der Waals surface area contributed by atoms with Crippen molar-refractivity contribution in [2.24, 2.45) is 11.8 Å². The van der Waals surface area contributed by atoms with E-state index in [1.807, 2.05) is 0 Å². The predicted octanol–water partition coefficient (Wildman–Crippen LogP) is 1.99. The van der Waals surface area contributed by atoms with Crippen molar-refractivity contribution in [1.29, 1.82) is 0 Å². The van der Waals surface area contributed by atoms with Gasteiger partial charge in [-0.1, -0.05) is 12.8 Å². The molecule has 0 N–H and O–H groups in total. The maximum absolute atomic E-state index is 12.4. The van der Waals surface area contributed by atoms with E-state index in [0.717, 1.165) is 25.7 Å². The molecule has 0 bridgehead atoms. The van der Waals surface area contributed by atoms with Gasteiger partial charge < -0.3 is 14.2 Å². The summed E-state index contributed by atoms with van der Waals surface area (Å²) in [4.78, 5) is 50.4. The van der Waals surface area contributed by atoms with Gasteiger partial charge in [-0.15, -0.1) is 0 Å². The van der Waals surface area contributed by atoms with Crippen LogP contribution in [-0.4, -0.2) is 55.8 Å². The van der Waals surface area contributed by atoms with E-state index in [2.05, 4.69) is 0 Å². The second-order valence-electron chi connectivity index (χ2n) is 7.23. The first-order valence-electron chi connectivity index (χ1n) is 9.72. The quantitative estimate of drug-likeness (QED) is 0.372. The monoisotopic (exact) mass is 403 g/mol. The SMILES string of the molecule is COc1ccc(C(=O)COC(=O)CCN2C(=O)[C@@H]3CCCC[C@H]3C2=O)c(OC)c1. The van der Waals surface area contributed by atoms with Crippen LogP contribution in [0.4, 0.5) is 0 Å². The molecule has 8 nitrogen and oxygen atoms in total. The smallest absolute Gasteiger partial charge is 0.308 e. The third-order valence-corrected chi connectivity index (χ3v) is 5.55. The van der Waals surface area contributed by atoms with Crippen LogP contribution < -0.4 is 9.47 Å². The molecule has 2 aliphatic rings. The van der Waals surface area contributed by atoms with Crippen LogP contribution in [0, 0.1) is 11.8 Å². The summed E-state index contributed by atoms with van der Waals surface area (Å²) in [5.74, 6) is -1.05. The van der Waals surface area contributed by atoms with Crippen LogP contribution in [0.15, 0.2) is 18.2 Å². The second-order valence-corrected chi connectivity index (χ2v) is 7.23. The molecule has 1 aliphatic heterocycles. The molecular weight excluding hydrogens is 378 g/mol. The Bertz CT molecular complexity index is 795. The van der Waals surface area contributed by atoms with Crippen molar-refractivity contribution in [2.75, 3.05) is 27.4 Å². The lowest BCUT2D eigenvalue weighted by Crippen LogP contribution is -2.33. The lowest BCUT2D eigenvalue weighted by molar-refractivity contribution is -0.145. The van der Waals surface area contributed by atoms with Crippen molar-refractivity contribution < 1.29 is 33.4 Å². The predicted molar refractivity (Wildman–Crippen MR) is 102 cm³/mol. The first-order chi connectivity index (χ1) is 14.0. The molecule has 2 amide bonds. The van der Waals surface area contributed by atoms with Gasteiger partial charge in [-0.3, -0.25) is 24.1 Å². The molecule has 0 unspecified atom stereocenters. The van der Waals surface area contributed by atoms with Gasteiger partial charge in [0.1, 0.15) is 11.5 Å². The molecule has 0 spiro atoms. The summed E-state index contributed by atoms with van der Waals surface area (Å²) in [6.07, 6.45) is 3.23. The van der Waals surface area contributed by atoms with Crippen molar-refractivity contribution >= 4 is 23.6 Å². The van der Waals surface area contributed by atoms with Gasteiger partial charge in [0, 0.05) is 12.6 Å². The number of hydrogen-bond acceptors (Lipinski definition) is 7. The molecule has 156 valence electrons. The van der Waals surface area contributed by atoms with Crippen molar-refractivity contribution in [3.05, 3.63) is 23.8 Å². The number of amides is 2. The van der Waals surface area contributed by atoms with Crippen LogP contribution in [-0.2, 0) is 19.1 Å². The van der Waals surface area contributed by atoms with E-state index in [4.69, 9.17) is 14.2 Å². The molecule has 2 atom stereocenters. The number of imide groups is 1. The third-order valence-electron chi connectivity index (χ3n) is 5.55. The van der Waals surface area contributed by atoms with Crippen molar-refractivity contribution in [3.63, 3.8) is 0 Å². The van der Waals surface area contributed by atoms with Gasteiger partial charge in [0.05, 0.1) is 38.0 Å². The summed E-state index contributed by atoms with van der Waals surface area (Å²) in [6.45, 7) is -0.460. The molecule has 1 aromatic rings. The fraction of sp³-hybridized carbons (Fsp3) is 0.524. The van der Waals surface area contributed by atoms with E-state index in [-0.39, 0.29) is 42.2 Å². The normalized spacial score (nSPS) is 21.0. The zero-order valence-corrected chi connectivity index (χ0v) is 16.6. The standard InChI is InChI=1S/C21H25NO7/c1-27-13-7-8-16(18(11-13)28-2)17(23)12-29-19(24)9-10-22-20(25)14-5-3-4-6-15(14)21(22)26/h7-8,11,14-15H,3-6,9-10,12H2,1-2H3/t14-,15-/m1/s1. The van der Waals surface area contributed by atoms with Crippen LogP contribution in [0.2, 0.25) is 0 Å². The van der Waals surface area contributed by atoms with Crippen LogP contribution in [0.1, 0.15) is 42.5 Å². The number of ketones is 1. The zero-order valence-electron chi connectivity index (χ0n) is 16.6. The van der Waals surface area contributed by atoms with Gasteiger partial charge in [-0.05, 0) is 25.0 Å². The second kappa shape index (κ2) is 9.07. The average Bonchev–Trinajstić information content (AvgIpc) is 3.00. The number of nitrogens with zero attached hydrogens (tertiary/aromatic N) is 1. The number of carbonyl (C=O) groups excluding carboxylic acids is 4. The highest BCUT2D eigenvalue weighted by atomic mass is 16.5. The minimum absolute atomic E-state index is 0.0104. The molecule has 1 saturated carbocycles.